The summed E-state index contributed by atoms with van der Waals surface area (Å²) in [6.07, 6.45) is 0. The Bertz CT molecular complexity index is 940. The molecule has 122 valence electrons. The standard InChI is InChI=1S/C12H10N2O7S2.Na/c15-14(16)10-3-7-12(8-4-10)22(17,18)11-5-1-9(2-6-11)13-23(19,20)21;/h1-8,13H,(H,19,20,21);/q;+1/p-1. The molecule has 0 aromatic heterocycles. The Hall–Kier alpha value is -1.50. The number of benzene rings is 2. The van der Waals surface area contributed by atoms with Crippen LogP contribution in [0.4, 0.5) is 11.4 Å². The van der Waals surface area contributed by atoms with E-state index in [1.807, 2.05) is 0 Å². The molecular weight excluding hydrogens is 371 g/mol. The fourth-order valence-electron chi connectivity index (χ4n) is 1.73. The van der Waals surface area contributed by atoms with Crippen LogP contribution in [0.25, 0.3) is 0 Å². The van der Waals surface area contributed by atoms with Crippen LogP contribution in [0.15, 0.2) is 58.3 Å². The Morgan fingerprint density at radius 1 is 0.833 bits per heavy atom. The number of rotatable bonds is 5. The van der Waals surface area contributed by atoms with Crippen LogP contribution in [0.5, 0.6) is 0 Å². The number of anilines is 1. The van der Waals surface area contributed by atoms with Gasteiger partial charge >= 0.3 is 29.6 Å². The predicted molar refractivity (Wildman–Crippen MR) is 78.3 cm³/mol. The van der Waals surface area contributed by atoms with Gasteiger partial charge in [-0.15, -0.1) is 0 Å². The number of hydrogen-bond donors (Lipinski definition) is 1. The van der Waals surface area contributed by atoms with Crippen LogP contribution in [-0.4, -0.2) is 26.3 Å². The summed E-state index contributed by atoms with van der Waals surface area (Å²) in [6.45, 7) is 0. The van der Waals surface area contributed by atoms with Crippen LogP contribution in [0, 0.1) is 10.1 Å². The molecule has 24 heavy (non-hydrogen) atoms. The van der Waals surface area contributed by atoms with Gasteiger partial charge in [-0.2, -0.15) is 0 Å². The molecule has 0 amide bonds. The van der Waals surface area contributed by atoms with Gasteiger partial charge in [-0.05, 0) is 36.4 Å². The molecule has 2 rings (SSSR count). The van der Waals surface area contributed by atoms with Crippen molar-refractivity contribution in [1.29, 1.82) is 0 Å². The number of hydrogen-bond acceptors (Lipinski definition) is 7. The molecule has 0 aliphatic heterocycles. The maximum Gasteiger partial charge on any atom is 1.00 e. The van der Waals surface area contributed by atoms with E-state index >= 15 is 0 Å². The predicted octanol–water partition coefficient (Wildman–Crippen LogP) is -1.70. The van der Waals surface area contributed by atoms with Crippen LogP contribution in [0.1, 0.15) is 0 Å². The number of nitrogens with one attached hydrogen (secondary N) is 1. The minimum atomic E-state index is -4.70. The van der Waals surface area contributed by atoms with E-state index < -0.39 is 25.1 Å². The van der Waals surface area contributed by atoms with Crippen molar-refractivity contribution in [2.75, 3.05) is 4.72 Å². The molecule has 0 atom stereocenters. The molecule has 0 radical (unpaired) electrons. The molecule has 0 fully saturated rings. The molecule has 0 aliphatic carbocycles. The first-order valence-corrected chi connectivity index (χ1v) is 8.82. The summed E-state index contributed by atoms with van der Waals surface area (Å²) in [6, 6.07) is 8.79. The van der Waals surface area contributed by atoms with Crippen molar-refractivity contribution in [2.24, 2.45) is 0 Å². The van der Waals surface area contributed by atoms with Crippen molar-refractivity contribution >= 4 is 31.5 Å². The monoisotopic (exact) mass is 380 g/mol. The molecule has 0 saturated carbocycles. The van der Waals surface area contributed by atoms with Crippen molar-refractivity contribution in [1.82, 2.24) is 0 Å². The summed E-state index contributed by atoms with van der Waals surface area (Å²) < 4.78 is 58.0. The summed E-state index contributed by atoms with van der Waals surface area (Å²) in [5.74, 6) is 0. The van der Waals surface area contributed by atoms with E-state index in [0.717, 1.165) is 48.5 Å². The van der Waals surface area contributed by atoms with E-state index in [1.54, 1.807) is 4.72 Å². The van der Waals surface area contributed by atoms with E-state index in [4.69, 9.17) is 0 Å². The largest absolute Gasteiger partial charge is 1.00 e. The second-order valence-electron chi connectivity index (χ2n) is 4.34. The molecule has 0 bridgehead atoms. The van der Waals surface area contributed by atoms with Gasteiger partial charge < -0.3 is 4.55 Å². The maximum absolute atomic E-state index is 12.3. The van der Waals surface area contributed by atoms with E-state index in [-0.39, 0.29) is 50.7 Å². The molecule has 0 unspecified atom stereocenters. The normalized spacial score (nSPS) is 11.4. The first-order chi connectivity index (χ1) is 10.6. The van der Waals surface area contributed by atoms with Crippen LogP contribution >= 0.6 is 0 Å². The quantitative estimate of drug-likeness (QED) is 0.282. The summed E-state index contributed by atoms with van der Waals surface area (Å²) in [5, 5.41) is 10.6. The van der Waals surface area contributed by atoms with E-state index in [2.05, 4.69) is 0 Å². The van der Waals surface area contributed by atoms with Crippen molar-refractivity contribution in [3.05, 3.63) is 58.6 Å². The third-order valence-corrected chi connectivity index (χ3v) is 5.04. The zero-order chi connectivity index (χ0) is 17.3. The van der Waals surface area contributed by atoms with Gasteiger partial charge in [0.25, 0.3) is 5.69 Å². The van der Waals surface area contributed by atoms with Gasteiger partial charge in [0.1, 0.15) is 0 Å². The number of nitro benzene ring substituents is 1. The Kier molecular flexibility index (Phi) is 6.50. The topological polar surface area (TPSA) is 147 Å². The summed E-state index contributed by atoms with van der Waals surface area (Å²) in [7, 11) is -8.62. The third kappa shape index (κ3) is 5.00. The number of nitrogens with zero attached hydrogens (tertiary/aromatic N) is 1. The minimum absolute atomic E-state index is 0. The average Bonchev–Trinajstić information content (AvgIpc) is 2.46. The zero-order valence-electron chi connectivity index (χ0n) is 12.2. The minimum Gasteiger partial charge on any atom is -0.731 e. The smallest absolute Gasteiger partial charge is 0.731 e. The number of sulfone groups is 1. The van der Waals surface area contributed by atoms with Gasteiger partial charge in [0, 0.05) is 17.8 Å². The molecule has 9 nitrogen and oxygen atoms in total. The maximum atomic E-state index is 12.3. The van der Waals surface area contributed by atoms with Crippen molar-refractivity contribution in [3.63, 3.8) is 0 Å². The SMILES string of the molecule is O=[N+]([O-])c1ccc(S(=O)(=O)c2ccc(NS(=O)(=O)[O-])cc2)cc1.[Na+]. The van der Waals surface area contributed by atoms with E-state index in [0.29, 0.717) is 0 Å². The molecular formula is C12H9N2NaO7S2. The second kappa shape index (κ2) is 7.59. The van der Waals surface area contributed by atoms with Crippen molar-refractivity contribution < 1.29 is 55.9 Å². The molecule has 0 aliphatic rings. The van der Waals surface area contributed by atoms with E-state index in [9.17, 15) is 31.5 Å². The van der Waals surface area contributed by atoms with Crippen LogP contribution in [0.3, 0.4) is 0 Å². The Morgan fingerprint density at radius 2 is 1.25 bits per heavy atom. The fourth-order valence-corrected chi connectivity index (χ4v) is 3.42. The molecule has 0 saturated heterocycles. The van der Waals surface area contributed by atoms with Crippen LogP contribution in [0.2, 0.25) is 0 Å². The number of non-ortho nitro benzene ring substituents is 1. The fraction of sp³-hybridized carbons (Fsp3) is 0. The molecule has 0 spiro atoms. The van der Waals surface area contributed by atoms with Crippen molar-refractivity contribution in [3.8, 4) is 0 Å². The first kappa shape index (κ1) is 20.5. The first-order valence-electron chi connectivity index (χ1n) is 5.93. The van der Waals surface area contributed by atoms with Crippen LogP contribution < -0.4 is 34.3 Å². The zero-order valence-corrected chi connectivity index (χ0v) is 15.9. The molecule has 2 aromatic rings. The Labute approximate surface area is 159 Å². The molecule has 12 heteroatoms. The molecule has 1 N–H and O–H groups in total. The van der Waals surface area contributed by atoms with Gasteiger partial charge in [-0.25, -0.2) is 16.8 Å². The van der Waals surface area contributed by atoms with Gasteiger partial charge in [0.05, 0.1) is 14.7 Å². The van der Waals surface area contributed by atoms with Gasteiger partial charge in [0.15, 0.2) is 10.3 Å². The number of nitro groups is 1. The summed E-state index contributed by atoms with van der Waals surface area (Å²) in [4.78, 5) is 9.60. The summed E-state index contributed by atoms with van der Waals surface area (Å²) in [5.41, 5.74) is -0.327. The third-order valence-electron chi connectivity index (χ3n) is 2.77. The van der Waals surface area contributed by atoms with Gasteiger partial charge in [-0.1, -0.05) is 0 Å². The van der Waals surface area contributed by atoms with E-state index in [1.165, 1.54) is 0 Å². The molecule has 2 aromatic carbocycles. The van der Waals surface area contributed by atoms with Crippen molar-refractivity contribution in [2.45, 2.75) is 9.79 Å². The Morgan fingerprint density at radius 3 is 1.62 bits per heavy atom. The van der Waals surface area contributed by atoms with Gasteiger partial charge in [-0.3, -0.25) is 14.8 Å². The molecule has 0 heterocycles. The average molecular weight is 380 g/mol. The van der Waals surface area contributed by atoms with Gasteiger partial charge in [0.2, 0.25) is 9.84 Å². The summed E-state index contributed by atoms with van der Waals surface area (Å²) >= 11 is 0. The Balaban J connectivity index is 0.00000288. The second-order valence-corrected chi connectivity index (χ2v) is 7.40. The van der Waals surface area contributed by atoms with Crippen LogP contribution in [-0.2, 0) is 20.1 Å².